The molecule has 0 unspecified atom stereocenters. The molecule has 0 aliphatic heterocycles. The van der Waals surface area contributed by atoms with E-state index in [2.05, 4.69) is 35.6 Å². The number of aromatic nitrogens is 5. The molecule has 24 heavy (non-hydrogen) atoms. The molecule has 0 atom stereocenters. The fourth-order valence-electron chi connectivity index (χ4n) is 1.92. The molecule has 9 heteroatoms. The quantitative estimate of drug-likeness (QED) is 0.487. The molecule has 0 saturated heterocycles. The third kappa shape index (κ3) is 4.09. The van der Waals surface area contributed by atoms with E-state index in [0.29, 0.717) is 25.0 Å². The van der Waals surface area contributed by atoms with Gasteiger partial charge in [0, 0.05) is 18.1 Å². The zero-order valence-electron chi connectivity index (χ0n) is 13.0. The number of nitrogens with zero attached hydrogens (tertiary/aromatic N) is 4. The monoisotopic (exact) mass is 327 g/mol. The first-order valence-electron chi connectivity index (χ1n) is 7.40. The number of rotatable bonds is 7. The normalized spacial score (nSPS) is 10.4. The minimum atomic E-state index is 0.187. The topological polar surface area (TPSA) is 121 Å². The van der Waals surface area contributed by atoms with Crippen molar-refractivity contribution in [1.82, 2.24) is 24.9 Å². The van der Waals surface area contributed by atoms with Gasteiger partial charge in [0.25, 0.3) is 0 Å². The van der Waals surface area contributed by atoms with E-state index < -0.39 is 0 Å². The molecule has 4 N–H and O–H groups in total. The highest BCUT2D eigenvalue weighted by atomic mass is 16.5. The molecule has 0 amide bonds. The lowest BCUT2D eigenvalue weighted by Crippen LogP contribution is -2.10. The van der Waals surface area contributed by atoms with Gasteiger partial charge in [0.15, 0.2) is 0 Å². The summed E-state index contributed by atoms with van der Waals surface area (Å²) in [5.74, 6) is 1.65. The summed E-state index contributed by atoms with van der Waals surface area (Å²) in [6.07, 6.45) is 3.42. The third-order valence-electron chi connectivity index (χ3n) is 2.98. The number of H-pyrrole nitrogens is 1. The molecule has 0 aliphatic rings. The van der Waals surface area contributed by atoms with E-state index in [-0.39, 0.29) is 11.8 Å². The highest BCUT2D eigenvalue weighted by Gasteiger charge is 2.08. The summed E-state index contributed by atoms with van der Waals surface area (Å²) in [7, 11) is 0. The molecule has 1 aromatic carbocycles. The molecule has 2 heterocycles. The standard InChI is InChI=1S/C15H17N7O2/c1-2-24-15-21-13(18-9-12-16-7-8-17-12)20-14(22-15)19-10-3-5-11(23)6-4-10/h3-8,23H,2,9H2,1H3,(H,16,17)(H2,18,19,20,21,22). The smallest absolute Gasteiger partial charge is 0.323 e. The Kier molecular flexibility index (Phi) is 4.70. The second kappa shape index (κ2) is 7.27. The van der Waals surface area contributed by atoms with Crippen molar-refractivity contribution in [2.45, 2.75) is 13.5 Å². The molecular formula is C15H17N7O2. The number of phenols is 1. The summed E-state index contributed by atoms with van der Waals surface area (Å²) in [5, 5.41) is 15.4. The largest absolute Gasteiger partial charge is 0.508 e. The summed E-state index contributed by atoms with van der Waals surface area (Å²) in [6.45, 7) is 2.74. The summed E-state index contributed by atoms with van der Waals surface area (Å²) >= 11 is 0. The molecule has 0 aliphatic carbocycles. The number of benzene rings is 1. The van der Waals surface area contributed by atoms with Crippen molar-refractivity contribution >= 4 is 17.6 Å². The van der Waals surface area contributed by atoms with E-state index in [1.807, 2.05) is 6.92 Å². The van der Waals surface area contributed by atoms with Crippen LogP contribution in [-0.4, -0.2) is 36.6 Å². The fraction of sp³-hybridized carbons (Fsp3) is 0.200. The van der Waals surface area contributed by atoms with Crippen LogP contribution in [0, 0.1) is 0 Å². The number of imidazole rings is 1. The first-order valence-corrected chi connectivity index (χ1v) is 7.40. The van der Waals surface area contributed by atoms with Gasteiger partial charge >= 0.3 is 6.01 Å². The first-order chi connectivity index (χ1) is 11.7. The molecule has 3 aromatic rings. The van der Waals surface area contributed by atoms with Gasteiger partial charge in [-0.15, -0.1) is 0 Å². The van der Waals surface area contributed by atoms with Crippen molar-refractivity contribution in [3.8, 4) is 11.8 Å². The van der Waals surface area contributed by atoms with Crippen LogP contribution in [0.15, 0.2) is 36.7 Å². The summed E-state index contributed by atoms with van der Waals surface area (Å²) in [5.41, 5.74) is 0.735. The molecule has 3 rings (SSSR count). The Morgan fingerprint density at radius 2 is 1.92 bits per heavy atom. The number of aromatic hydroxyl groups is 1. The second-order valence-electron chi connectivity index (χ2n) is 4.76. The van der Waals surface area contributed by atoms with Crippen LogP contribution in [0.2, 0.25) is 0 Å². The lowest BCUT2D eigenvalue weighted by atomic mass is 10.3. The van der Waals surface area contributed by atoms with Gasteiger partial charge in [-0.2, -0.15) is 15.0 Å². The third-order valence-corrected chi connectivity index (χ3v) is 2.98. The van der Waals surface area contributed by atoms with Gasteiger partial charge < -0.3 is 25.5 Å². The van der Waals surface area contributed by atoms with Crippen molar-refractivity contribution in [2.24, 2.45) is 0 Å². The van der Waals surface area contributed by atoms with Crippen molar-refractivity contribution in [3.63, 3.8) is 0 Å². The van der Waals surface area contributed by atoms with Crippen molar-refractivity contribution in [2.75, 3.05) is 17.2 Å². The maximum Gasteiger partial charge on any atom is 0.323 e. The van der Waals surface area contributed by atoms with Gasteiger partial charge in [-0.1, -0.05) is 0 Å². The Hall–Kier alpha value is -3.36. The summed E-state index contributed by atoms with van der Waals surface area (Å²) in [4.78, 5) is 19.8. The predicted octanol–water partition coefficient (Wildman–Crippen LogP) is 2.05. The molecular weight excluding hydrogens is 310 g/mol. The number of ether oxygens (including phenoxy) is 1. The molecule has 0 spiro atoms. The highest BCUT2D eigenvalue weighted by molar-refractivity contribution is 5.55. The number of anilines is 3. The van der Waals surface area contributed by atoms with E-state index in [4.69, 9.17) is 4.74 Å². The average molecular weight is 327 g/mol. The van der Waals surface area contributed by atoms with E-state index >= 15 is 0 Å². The zero-order chi connectivity index (χ0) is 16.8. The number of nitrogens with one attached hydrogen (secondary N) is 3. The Balaban J connectivity index is 1.77. The van der Waals surface area contributed by atoms with Crippen LogP contribution in [0.1, 0.15) is 12.7 Å². The lowest BCUT2D eigenvalue weighted by molar-refractivity contribution is 0.312. The van der Waals surface area contributed by atoms with Crippen molar-refractivity contribution < 1.29 is 9.84 Å². The van der Waals surface area contributed by atoms with Crippen LogP contribution < -0.4 is 15.4 Å². The van der Waals surface area contributed by atoms with Crippen LogP contribution in [0.4, 0.5) is 17.6 Å². The van der Waals surface area contributed by atoms with Crippen molar-refractivity contribution in [1.29, 1.82) is 0 Å². The Labute approximate surface area is 138 Å². The minimum absolute atomic E-state index is 0.187. The molecule has 124 valence electrons. The molecule has 2 aromatic heterocycles. The SMILES string of the molecule is CCOc1nc(NCc2ncc[nH]2)nc(Nc2ccc(O)cc2)n1. The average Bonchev–Trinajstić information content (AvgIpc) is 3.09. The number of aromatic amines is 1. The second-order valence-corrected chi connectivity index (χ2v) is 4.76. The van der Waals surface area contributed by atoms with Gasteiger partial charge in [-0.05, 0) is 31.2 Å². The molecule has 9 nitrogen and oxygen atoms in total. The molecule has 0 bridgehead atoms. The van der Waals surface area contributed by atoms with Gasteiger partial charge in [0.1, 0.15) is 11.6 Å². The van der Waals surface area contributed by atoms with Gasteiger partial charge in [-0.25, -0.2) is 4.98 Å². The lowest BCUT2D eigenvalue weighted by Gasteiger charge is -2.09. The van der Waals surface area contributed by atoms with Crippen LogP contribution >= 0.6 is 0 Å². The van der Waals surface area contributed by atoms with Crippen LogP contribution in [0.25, 0.3) is 0 Å². The molecule has 0 fully saturated rings. The summed E-state index contributed by atoms with van der Waals surface area (Å²) in [6, 6.07) is 6.80. The van der Waals surface area contributed by atoms with E-state index in [1.165, 1.54) is 0 Å². The first kappa shape index (κ1) is 15.5. The predicted molar refractivity (Wildman–Crippen MR) is 88.3 cm³/mol. The maximum atomic E-state index is 9.33. The van der Waals surface area contributed by atoms with Crippen LogP contribution in [-0.2, 0) is 6.54 Å². The molecule has 0 radical (unpaired) electrons. The van der Waals surface area contributed by atoms with Crippen molar-refractivity contribution in [3.05, 3.63) is 42.5 Å². The maximum absolute atomic E-state index is 9.33. The van der Waals surface area contributed by atoms with E-state index in [0.717, 1.165) is 11.5 Å². The Morgan fingerprint density at radius 1 is 1.12 bits per heavy atom. The van der Waals surface area contributed by atoms with E-state index in [9.17, 15) is 5.11 Å². The minimum Gasteiger partial charge on any atom is -0.508 e. The highest BCUT2D eigenvalue weighted by Crippen LogP contribution is 2.19. The number of hydrogen-bond donors (Lipinski definition) is 4. The van der Waals surface area contributed by atoms with Gasteiger partial charge in [0.2, 0.25) is 11.9 Å². The number of phenolic OH excluding ortho intramolecular Hbond substituents is 1. The van der Waals surface area contributed by atoms with E-state index in [1.54, 1.807) is 36.7 Å². The Morgan fingerprint density at radius 3 is 2.62 bits per heavy atom. The fourth-order valence-corrected chi connectivity index (χ4v) is 1.92. The Bertz CT molecular complexity index is 775. The van der Waals surface area contributed by atoms with Crippen LogP contribution in [0.5, 0.6) is 11.8 Å². The van der Waals surface area contributed by atoms with Crippen LogP contribution in [0.3, 0.4) is 0 Å². The van der Waals surface area contributed by atoms with Gasteiger partial charge in [-0.3, -0.25) is 0 Å². The zero-order valence-corrected chi connectivity index (χ0v) is 13.0. The summed E-state index contributed by atoms with van der Waals surface area (Å²) < 4.78 is 5.38. The van der Waals surface area contributed by atoms with Gasteiger partial charge in [0.05, 0.1) is 13.2 Å². The molecule has 0 saturated carbocycles. The number of hydrogen-bond acceptors (Lipinski definition) is 8.